The van der Waals surface area contributed by atoms with E-state index in [2.05, 4.69) is 23.3 Å². The number of rotatable bonds is 11. The Hall–Kier alpha value is -1.26. The quantitative estimate of drug-likeness (QED) is 0.322. The molecule has 0 aromatic carbocycles. The molecule has 0 radical (unpaired) electrons. The van der Waals surface area contributed by atoms with Crippen LogP contribution in [-0.4, -0.2) is 61.8 Å². The van der Waals surface area contributed by atoms with Crippen LogP contribution in [0.15, 0.2) is 12.2 Å². The molecule has 0 saturated carbocycles. The van der Waals surface area contributed by atoms with Crippen LogP contribution in [0.1, 0.15) is 34.1 Å². The molecule has 0 aromatic rings. The summed E-state index contributed by atoms with van der Waals surface area (Å²) in [6.07, 6.45) is 3.04. The summed E-state index contributed by atoms with van der Waals surface area (Å²) >= 11 is 0. The average molecular weight is 394 g/mol. The fourth-order valence-electron chi connectivity index (χ4n) is 1.67. The van der Waals surface area contributed by atoms with Crippen molar-refractivity contribution in [1.29, 1.82) is 0 Å². The van der Waals surface area contributed by atoms with Crippen molar-refractivity contribution in [2.45, 2.75) is 40.2 Å². The van der Waals surface area contributed by atoms with Crippen LogP contribution in [-0.2, 0) is 32.3 Å². The van der Waals surface area contributed by atoms with Crippen molar-refractivity contribution in [3.8, 4) is 0 Å². The van der Waals surface area contributed by atoms with E-state index in [1.807, 2.05) is 0 Å². The zero-order valence-corrected chi connectivity index (χ0v) is 18.1. The summed E-state index contributed by atoms with van der Waals surface area (Å²) < 4.78 is 25.1. The minimum absolute atomic E-state index is 0.119. The molecule has 0 fully saturated rings. The summed E-state index contributed by atoms with van der Waals surface area (Å²) in [5.41, 5.74) is 5.77. The molecule has 154 valence electrons. The minimum atomic E-state index is -2.40. The van der Waals surface area contributed by atoms with Gasteiger partial charge < -0.3 is 28.5 Å². The van der Waals surface area contributed by atoms with E-state index in [1.54, 1.807) is 35.2 Å². The first kappa shape index (κ1) is 27.0. The van der Waals surface area contributed by atoms with Gasteiger partial charge in [0.2, 0.25) is 0 Å². The Balaban J connectivity index is 0. The van der Waals surface area contributed by atoms with Crippen molar-refractivity contribution >= 4 is 20.7 Å². The molecule has 0 aliphatic heterocycles. The van der Waals surface area contributed by atoms with Crippen molar-refractivity contribution < 1.29 is 32.3 Å². The predicted molar refractivity (Wildman–Crippen MR) is 101 cm³/mol. The topological polar surface area (TPSA) is 106 Å². The second kappa shape index (κ2) is 14.9. The molecule has 0 atom stereocenters. The first-order valence-electron chi connectivity index (χ1n) is 8.52. The maximum atomic E-state index is 10.6. The van der Waals surface area contributed by atoms with E-state index in [1.165, 1.54) is 0 Å². The van der Waals surface area contributed by atoms with E-state index < -0.39 is 20.7 Å². The highest BCUT2D eigenvalue weighted by molar-refractivity contribution is 6.60. The molecule has 0 aliphatic carbocycles. The molecule has 0 saturated heterocycles. The molecule has 8 nitrogen and oxygen atoms in total. The fraction of sp³-hybridized carbons (Fsp3) is 0.765. The molecular formula is C17H35NO7Si. The minimum Gasteiger partial charge on any atom is -0.463 e. The number of esters is 2. The first-order chi connectivity index (χ1) is 12.2. The molecule has 2 N–H and O–H groups in total. The molecule has 26 heavy (non-hydrogen) atoms. The van der Waals surface area contributed by atoms with Gasteiger partial charge in [-0.3, -0.25) is 0 Å². The Bertz CT molecular complexity index is 395. The highest BCUT2D eigenvalue weighted by atomic mass is 28.4. The lowest BCUT2D eigenvalue weighted by Gasteiger charge is -2.29. The number of hydrogen-bond donors (Lipinski definition) is 1. The van der Waals surface area contributed by atoms with Crippen molar-refractivity contribution in [3.63, 3.8) is 0 Å². The molecule has 0 spiro atoms. The van der Waals surface area contributed by atoms with Gasteiger partial charge in [-0.2, -0.15) is 0 Å². The largest absolute Gasteiger partial charge is 0.500 e. The molecular weight excluding hydrogens is 358 g/mol. The molecule has 9 heteroatoms. The van der Waals surface area contributed by atoms with Gasteiger partial charge in [0.05, 0.1) is 13.2 Å². The highest BCUT2D eigenvalue weighted by Gasteiger charge is 2.38. The smallest absolute Gasteiger partial charge is 0.463 e. The molecule has 0 heterocycles. The second-order valence-electron chi connectivity index (χ2n) is 6.00. The third kappa shape index (κ3) is 13.0. The van der Waals surface area contributed by atoms with Crippen LogP contribution in [0.4, 0.5) is 0 Å². The SMILES string of the molecule is CCOC(=O)C=CC(=O)OCC.CO[Si](CCC(C)(C)CN)(OC)OC. The van der Waals surface area contributed by atoms with Crippen LogP contribution in [0.25, 0.3) is 0 Å². The van der Waals surface area contributed by atoms with Crippen molar-refractivity contribution in [3.05, 3.63) is 12.2 Å². The Labute approximate surface area is 158 Å². The molecule has 0 aromatic heterocycles. The second-order valence-corrected chi connectivity index (χ2v) is 9.09. The van der Waals surface area contributed by atoms with Crippen molar-refractivity contribution in [1.82, 2.24) is 0 Å². The first-order valence-corrected chi connectivity index (χ1v) is 10.5. The van der Waals surface area contributed by atoms with Gasteiger partial charge >= 0.3 is 20.7 Å². The number of nitrogens with two attached hydrogens (primary N) is 1. The van der Waals surface area contributed by atoms with Gasteiger partial charge in [-0.25, -0.2) is 9.59 Å². The van der Waals surface area contributed by atoms with E-state index in [9.17, 15) is 9.59 Å². The molecule has 0 amide bonds. The van der Waals surface area contributed by atoms with E-state index in [0.717, 1.165) is 24.6 Å². The van der Waals surface area contributed by atoms with Gasteiger partial charge in [-0.15, -0.1) is 0 Å². The number of carbonyl (C=O) groups excluding carboxylic acids is 2. The molecule has 0 unspecified atom stereocenters. The van der Waals surface area contributed by atoms with Crippen LogP contribution >= 0.6 is 0 Å². The van der Waals surface area contributed by atoms with Crippen molar-refractivity contribution in [2.24, 2.45) is 11.1 Å². The van der Waals surface area contributed by atoms with Crippen LogP contribution < -0.4 is 5.73 Å². The van der Waals surface area contributed by atoms with Crippen LogP contribution in [0, 0.1) is 5.41 Å². The molecule has 0 aliphatic rings. The Morgan fingerprint density at radius 2 is 1.31 bits per heavy atom. The summed E-state index contributed by atoms with van der Waals surface area (Å²) in [5.74, 6) is -1.07. The van der Waals surface area contributed by atoms with Crippen LogP contribution in [0.3, 0.4) is 0 Å². The maximum Gasteiger partial charge on any atom is 0.500 e. The van der Waals surface area contributed by atoms with Gasteiger partial charge in [0.25, 0.3) is 0 Å². The van der Waals surface area contributed by atoms with Crippen molar-refractivity contribution in [2.75, 3.05) is 41.1 Å². The lowest BCUT2D eigenvalue weighted by molar-refractivity contribution is -0.140. The third-order valence-corrected chi connectivity index (χ3v) is 6.25. The summed E-state index contributed by atoms with van der Waals surface area (Å²) in [6, 6.07) is 0.806. The normalized spacial score (nSPS) is 11.7. The zero-order valence-electron chi connectivity index (χ0n) is 17.1. The van der Waals surface area contributed by atoms with Gasteiger partial charge in [0.1, 0.15) is 0 Å². The lowest BCUT2D eigenvalue weighted by atomic mass is 9.91. The van der Waals surface area contributed by atoms with Gasteiger partial charge in [0.15, 0.2) is 0 Å². The molecule has 0 rings (SSSR count). The Morgan fingerprint density at radius 3 is 1.58 bits per heavy atom. The summed E-state index contributed by atoms with van der Waals surface area (Å²) in [4.78, 5) is 21.3. The highest BCUT2D eigenvalue weighted by Crippen LogP contribution is 2.26. The Kier molecular flexibility index (Phi) is 15.4. The Morgan fingerprint density at radius 1 is 0.923 bits per heavy atom. The summed E-state index contributed by atoms with van der Waals surface area (Å²) in [5, 5.41) is 0. The summed E-state index contributed by atoms with van der Waals surface area (Å²) in [7, 11) is 2.50. The zero-order chi connectivity index (χ0) is 20.6. The monoisotopic (exact) mass is 393 g/mol. The van der Waals surface area contributed by atoms with Crippen LogP contribution in [0.2, 0.25) is 6.04 Å². The molecule has 0 bridgehead atoms. The average Bonchev–Trinajstić information content (AvgIpc) is 2.63. The van der Waals surface area contributed by atoms with Gasteiger partial charge in [-0.05, 0) is 32.2 Å². The van der Waals surface area contributed by atoms with E-state index in [-0.39, 0.29) is 5.41 Å². The fourth-order valence-corrected chi connectivity index (χ4v) is 3.76. The van der Waals surface area contributed by atoms with Crippen LogP contribution in [0.5, 0.6) is 0 Å². The standard InChI is InChI=1S/C9H23NO3Si.C8H12O4/c1-9(2,8-10)6-7-14(11-3,12-4)13-5;1-3-11-7(9)5-6-8(10)12-4-2/h6-8,10H2,1-5H3;5-6H,3-4H2,1-2H3. The summed E-state index contributed by atoms with van der Waals surface area (Å²) in [6.45, 7) is 8.90. The van der Waals surface area contributed by atoms with E-state index >= 15 is 0 Å². The van der Waals surface area contributed by atoms with Gasteiger partial charge in [-0.1, -0.05) is 13.8 Å². The van der Waals surface area contributed by atoms with Gasteiger partial charge in [0, 0.05) is 39.5 Å². The van der Waals surface area contributed by atoms with E-state index in [0.29, 0.717) is 19.8 Å². The maximum absolute atomic E-state index is 10.6. The predicted octanol–water partition coefficient (Wildman–Crippen LogP) is 1.91. The number of ether oxygens (including phenoxy) is 2. The number of hydrogen-bond acceptors (Lipinski definition) is 8. The number of carbonyl (C=O) groups is 2. The van der Waals surface area contributed by atoms with E-state index in [4.69, 9.17) is 19.0 Å². The third-order valence-electron chi connectivity index (χ3n) is 3.52. The lowest BCUT2D eigenvalue weighted by Crippen LogP contribution is -2.44.